The van der Waals surface area contributed by atoms with E-state index in [9.17, 15) is 8.42 Å². The molecule has 7 nitrogen and oxygen atoms in total. The Labute approximate surface area is 182 Å². The van der Waals surface area contributed by atoms with E-state index >= 15 is 0 Å². The van der Waals surface area contributed by atoms with Crippen LogP contribution < -0.4 is 11.1 Å². The molecule has 160 valence electrons. The van der Waals surface area contributed by atoms with Crippen molar-refractivity contribution in [1.82, 2.24) is 15.0 Å². The lowest BCUT2D eigenvalue weighted by molar-refractivity contribution is 0.483. The van der Waals surface area contributed by atoms with E-state index in [-0.39, 0.29) is 5.25 Å². The Balaban J connectivity index is 1.40. The van der Waals surface area contributed by atoms with Gasteiger partial charge in [0.1, 0.15) is 5.82 Å². The van der Waals surface area contributed by atoms with E-state index in [2.05, 4.69) is 20.3 Å². The van der Waals surface area contributed by atoms with Crippen molar-refractivity contribution in [3.05, 3.63) is 66.1 Å². The summed E-state index contributed by atoms with van der Waals surface area (Å²) in [4.78, 5) is 13.2. The predicted molar refractivity (Wildman–Crippen MR) is 123 cm³/mol. The van der Waals surface area contributed by atoms with Gasteiger partial charge in [-0.05, 0) is 61.4 Å². The standard InChI is InChI=1S/C23H25N5O2S/c24-22-8-4-5-18(27-22)10-9-17-15-25-23(26-16-17)28-19-11-13-21(14-12-19)31(29,30)20-6-2-1-3-7-20/h4-5,8-16,20H,1-3,6-7H2,(H2,24,27)(H,25,26,28)/b10-9+. The molecule has 0 amide bonds. The molecule has 0 unspecified atom stereocenters. The molecule has 3 N–H and O–H groups in total. The SMILES string of the molecule is Nc1cccc(/C=C/c2cnc(Nc3ccc(S(=O)(=O)C4CCCCC4)cc3)nc2)n1. The van der Waals surface area contributed by atoms with Crippen molar-refractivity contribution in [1.29, 1.82) is 0 Å². The van der Waals surface area contributed by atoms with Crippen molar-refractivity contribution < 1.29 is 8.42 Å². The Morgan fingerprint density at radius 2 is 1.65 bits per heavy atom. The number of nitrogens with two attached hydrogens (primary N) is 1. The van der Waals surface area contributed by atoms with Crippen LogP contribution in [0.3, 0.4) is 0 Å². The van der Waals surface area contributed by atoms with E-state index in [1.54, 1.807) is 42.7 Å². The zero-order valence-electron chi connectivity index (χ0n) is 17.1. The number of nitrogens with zero attached hydrogens (tertiary/aromatic N) is 3. The maximum atomic E-state index is 12.8. The third-order valence-corrected chi connectivity index (χ3v) is 7.62. The summed E-state index contributed by atoms with van der Waals surface area (Å²) in [7, 11) is -3.27. The summed E-state index contributed by atoms with van der Waals surface area (Å²) in [6.45, 7) is 0. The van der Waals surface area contributed by atoms with Gasteiger partial charge in [0.15, 0.2) is 9.84 Å². The third kappa shape index (κ3) is 5.27. The molecule has 0 aliphatic heterocycles. The average Bonchev–Trinajstić information content (AvgIpc) is 2.80. The van der Waals surface area contributed by atoms with Gasteiger partial charge < -0.3 is 11.1 Å². The molecule has 0 saturated heterocycles. The summed E-state index contributed by atoms with van der Waals surface area (Å²) in [5.41, 5.74) is 7.99. The number of benzene rings is 1. The van der Waals surface area contributed by atoms with Crippen LogP contribution in [0.25, 0.3) is 12.2 Å². The quantitative estimate of drug-likeness (QED) is 0.587. The van der Waals surface area contributed by atoms with Crippen LogP contribution in [0, 0.1) is 0 Å². The Kier molecular flexibility index (Phi) is 6.27. The number of nitrogens with one attached hydrogen (secondary N) is 1. The highest BCUT2D eigenvalue weighted by Crippen LogP contribution is 2.29. The first-order chi connectivity index (χ1) is 15.0. The molecule has 1 fully saturated rings. The first kappa shape index (κ1) is 21.0. The lowest BCUT2D eigenvalue weighted by Gasteiger charge is -2.21. The number of hydrogen-bond acceptors (Lipinski definition) is 7. The molecule has 31 heavy (non-hydrogen) atoms. The van der Waals surface area contributed by atoms with Crippen molar-refractivity contribution in [2.45, 2.75) is 42.2 Å². The van der Waals surface area contributed by atoms with Crippen molar-refractivity contribution in [3.63, 3.8) is 0 Å². The van der Waals surface area contributed by atoms with Gasteiger partial charge in [-0.3, -0.25) is 0 Å². The van der Waals surface area contributed by atoms with E-state index in [4.69, 9.17) is 5.73 Å². The minimum absolute atomic E-state index is 0.258. The van der Waals surface area contributed by atoms with E-state index in [0.29, 0.717) is 16.7 Å². The molecule has 1 aromatic carbocycles. The van der Waals surface area contributed by atoms with Crippen LogP contribution in [0.1, 0.15) is 43.4 Å². The Morgan fingerprint density at radius 1 is 0.935 bits per heavy atom. The van der Waals surface area contributed by atoms with Crippen LogP contribution in [-0.4, -0.2) is 28.6 Å². The summed E-state index contributed by atoms with van der Waals surface area (Å²) in [5.74, 6) is 0.901. The van der Waals surface area contributed by atoms with Crippen molar-refractivity contribution in [3.8, 4) is 0 Å². The van der Waals surface area contributed by atoms with Gasteiger partial charge in [-0.1, -0.05) is 25.3 Å². The predicted octanol–water partition coefficient (Wildman–Crippen LogP) is 4.47. The molecular weight excluding hydrogens is 410 g/mol. The molecule has 4 rings (SSSR count). The Hall–Kier alpha value is -3.26. The molecule has 3 aromatic rings. The molecule has 0 atom stereocenters. The molecule has 0 spiro atoms. The second-order valence-electron chi connectivity index (χ2n) is 7.62. The van der Waals surface area contributed by atoms with Crippen LogP contribution in [0.15, 0.2) is 59.8 Å². The van der Waals surface area contributed by atoms with Gasteiger partial charge in [-0.2, -0.15) is 0 Å². The van der Waals surface area contributed by atoms with Crippen LogP contribution in [-0.2, 0) is 9.84 Å². The van der Waals surface area contributed by atoms with Gasteiger partial charge in [0.25, 0.3) is 0 Å². The summed E-state index contributed by atoms with van der Waals surface area (Å²) in [6.07, 6.45) is 11.7. The monoisotopic (exact) mass is 435 g/mol. The fourth-order valence-electron chi connectivity index (χ4n) is 3.66. The molecule has 2 aromatic heterocycles. The minimum atomic E-state index is -3.27. The van der Waals surface area contributed by atoms with Gasteiger partial charge in [-0.15, -0.1) is 0 Å². The summed E-state index contributed by atoms with van der Waals surface area (Å²) in [5, 5.41) is 2.84. The number of rotatable bonds is 6. The first-order valence-electron chi connectivity index (χ1n) is 10.3. The van der Waals surface area contributed by atoms with Gasteiger partial charge in [-0.25, -0.2) is 23.4 Å². The molecule has 0 radical (unpaired) electrons. The maximum absolute atomic E-state index is 12.8. The lowest BCUT2D eigenvalue weighted by atomic mass is 10.0. The highest BCUT2D eigenvalue weighted by atomic mass is 32.2. The largest absolute Gasteiger partial charge is 0.384 e. The molecule has 0 bridgehead atoms. The topological polar surface area (TPSA) is 111 Å². The molecule has 8 heteroatoms. The average molecular weight is 436 g/mol. The fourth-order valence-corrected chi connectivity index (χ4v) is 5.51. The van der Waals surface area contributed by atoms with Gasteiger partial charge in [0.05, 0.1) is 15.8 Å². The Morgan fingerprint density at radius 3 is 2.32 bits per heavy atom. The van der Waals surface area contributed by atoms with Crippen molar-refractivity contribution in [2.24, 2.45) is 0 Å². The number of hydrogen-bond donors (Lipinski definition) is 2. The number of anilines is 3. The number of nitrogen functional groups attached to an aromatic ring is 1. The van der Waals surface area contributed by atoms with E-state index < -0.39 is 9.84 Å². The third-order valence-electron chi connectivity index (χ3n) is 5.34. The van der Waals surface area contributed by atoms with Gasteiger partial charge in [0, 0.05) is 23.6 Å². The van der Waals surface area contributed by atoms with Crippen molar-refractivity contribution in [2.75, 3.05) is 11.1 Å². The molecule has 2 heterocycles. The first-order valence-corrected chi connectivity index (χ1v) is 11.9. The van der Waals surface area contributed by atoms with Crippen LogP contribution in [0.2, 0.25) is 0 Å². The zero-order valence-corrected chi connectivity index (χ0v) is 17.9. The Bertz CT molecular complexity index is 1150. The number of sulfone groups is 1. The molecule has 1 saturated carbocycles. The van der Waals surface area contributed by atoms with Crippen LogP contribution in [0.4, 0.5) is 17.5 Å². The molecule has 1 aliphatic rings. The number of aromatic nitrogens is 3. The smallest absolute Gasteiger partial charge is 0.227 e. The van der Waals surface area contributed by atoms with Crippen molar-refractivity contribution >= 4 is 39.4 Å². The highest BCUT2D eigenvalue weighted by molar-refractivity contribution is 7.92. The van der Waals surface area contributed by atoms with E-state index in [0.717, 1.165) is 49.0 Å². The summed E-state index contributed by atoms with van der Waals surface area (Å²) < 4.78 is 25.6. The molecule has 1 aliphatic carbocycles. The fraction of sp³-hybridized carbons (Fsp3) is 0.261. The minimum Gasteiger partial charge on any atom is -0.384 e. The summed E-state index contributed by atoms with van der Waals surface area (Å²) >= 11 is 0. The van der Waals surface area contributed by atoms with Crippen LogP contribution in [0.5, 0.6) is 0 Å². The second kappa shape index (κ2) is 9.26. The van der Waals surface area contributed by atoms with Gasteiger partial charge in [0.2, 0.25) is 5.95 Å². The maximum Gasteiger partial charge on any atom is 0.227 e. The van der Waals surface area contributed by atoms with E-state index in [1.807, 2.05) is 24.3 Å². The lowest BCUT2D eigenvalue weighted by Crippen LogP contribution is -2.24. The second-order valence-corrected chi connectivity index (χ2v) is 9.84. The summed E-state index contributed by atoms with van der Waals surface area (Å²) in [6, 6.07) is 12.2. The van der Waals surface area contributed by atoms with E-state index in [1.165, 1.54) is 0 Å². The highest BCUT2D eigenvalue weighted by Gasteiger charge is 2.28. The van der Waals surface area contributed by atoms with Gasteiger partial charge >= 0.3 is 0 Å². The number of pyridine rings is 1. The van der Waals surface area contributed by atoms with Crippen LogP contribution >= 0.6 is 0 Å². The zero-order chi connectivity index (χ0) is 21.7. The molecular formula is C23H25N5O2S. The normalized spacial score (nSPS) is 15.2.